The molecule has 2 atom stereocenters. The van der Waals surface area contributed by atoms with Crippen molar-refractivity contribution in [2.75, 3.05) is 6.54 Å². The van der Waals surface area contributed by atoms with Gasteiger partial charge in [0.05, 0.1) is 11.5 Å². The van der Waals surface area contributed by atoms with Gasteiger partial charge < -0.3 is 5.32 Å². The molecule has 2 aliphatic rings. The van der Waals surface area contributed by atoms with Crippen LogP contribution >= 0.6 is 0 Å². The molecule has 0 aromatic heterocycles. The van der Waals surface area contributed by atoms with E-state index in [9.17, 15) is 18.0 Å². The fraction of sp³-hybridized carbons (Fsp3) is 0.417. The molecule has 2 bridgehead atoms. The van der Waals surface area contributed by atoms with Crippen LogP contribution in [0.1, 0.15) is 34.9 Å². The second-order valence-electron chi connectivity index (χ2n) is 4.54. The summed E-state index contributed by atoms with van der Waals surface area (Å²) in [6.45, 7) is 0.315. The van der Waals surface area contributed by atoms with Gasteiger partial charge in [0.1, 0.15) is 0 Å². The van der Waals surface area contributed by atoms with Crippen LogP contribution < -0.4 is 5.32 Å². The lowest BCUT2D eigenvalue weighted by atomic mass is 9.95. The van der Waals surface area contributed by atoms with Gasteiger partial charge >= 0.3 is 6.18 Å². The van der Waals surface area contributed by atoms with E-state index >= 15 is 0 Å². The number of hydrogen-bond donors (Lipinski definition) is 1. The SMILES string of the molecule is O=C1NCC2CC1c1cccc(C(F)(F)F)c12. The Hall–Kier alpha value is -1.52. The minimum atomic E-state index is -4.34. The minimum Gasteiger partial charge on any atom is -0.355 e. The van der Waals surface area contributed by atoms with E-state index in [1.807, 2.05) is 0 Å². The number of carbonyl (C=O) groups is 1. The fourth-order valence-corrected chi connectivity index (χ4v) is 2.90. The van der Waals surface area contributed by atoms with E-state index < -0.39 is 17.7 Å². The van der Waals surface area contributed by atoms with Gasteiger partial charge in [-0.1, -0.05) is 12.1 Å². The number of fused-ring (bicyclic) bond motifs is 5. The van der Waals surface area contributed by atoms with Crippen molar-refractivity contribution in [2.45, 2.75) is 24.4 Å². The molecule has 1 fully saturated rings. The first-order chi connectivity index (χ1) is 7.98. The number of piperidine rings is 1. The molecule has 1 amide bonds. The molecule has 17 heavy (non-hydrogen) atoms. The third kappa shape index (κ3) is 1.45. The summed E-state index contributed by atoms with van der Waals surface area (Å²) in [6, 6.07) is 4.12. The first-order valence-corrected chi connectivity index (χ1v) is 5.46. The zero-order valence-electron chi connectivity index (χ0n) is 8.84. The topological polar surface area (TPSA) is 29.1 Å². The molecular weight excluding hydrogens is 231 g/mol. The Bertz CT molecular complexity index is 495. The van der Waals surface area contributed by atoms with Gasteiger partial charge in [-0.3, -0.25) is 4.79 Å². The lowest BCUT2D eigenvalue weighted by molar-refractivity contribution is -0.138. The van der Waals surface area contributed by atoms with Crippen LogP contribution in [0.2, 0.25) is 0 Å². The predicted octanol–water partition coefficient (Wildman–Crippen LogP) is 2.41. The first-order valence-electron chi connectivity index (χ1n) is 5.46. The van der Waals surface area contributed by atoms with Crippen molar-refractivity contribution in [3.63, 3.8) is 0 Å². The first kappa shape index (κ1) is 10.6. The van der Waals surface area contributed by atoms with Crippen LogP contribution in [0.25, 0.3) is 0 Å². The summed E-state index contributed by atoms with van der Waals surface area (Å²) in [5.74, 6) is -0.740. The van der Waals surface area contributed by atoms with Crippen molar-refractivity contribution in [2.24, 2.45) is 0 Å². The summed E-state index contributed by atoms with van der Waals surface area (Å²) in [4.78, 5) is 11.6. The van der Waals surface area contributed by atoms with Crippen molar-refractivity contribution in [1.82, 2.24) is 5.32 Å². The van der Waals surface area contributed by atoms with Gasteiger partial charge in [0, 0.05) is 12.5 Å². The highest BCUT2D eigenvalue weighted by Gasteiger charge is 2.45. The minimum absolute atomic E-state index is 0.153. The molecule has 1 aliphatic carbocycles. The van der Waals surface area contributed by atoms with Crippen LogP contribution in [-0.2, 0) is 11.0 Å². The zero-order chi connectivity index (χ0) is 12.2. The van der Waals surface area contributed by atoms with E-state index in [2.05, 4.69) is 5.32 Å². The van der Waals surface area contributed by atoms with E-state index in [1.54, 1.807) is 6.07 Å². The molecule has 0 spiro atoms. The Kier molecular flexibility index (Phi) is 2.03. The monoisotopic (exact) mass is 241 g/mol. The standard InChI is InChI=1S/C12H10F3NO/c13-12(14,15)9-3-1-2-7-8-4-6(10(7)9)5-16-11(8)17/h1-3,6,8H,4-5H2,(H,16,17). The van der Waals surface area contributed by atoms with Gasteiger partial charge in [-0.05, 0) is 23.6 Å². The lowest BCUT2D eigenvalue weighted by Crippen LogP contribution is -2.35. The predicted molar refractivity (Wildman–Crippen MR) is 54.6 cm³/mol. The Labute approximate surface area is 95.8 Å². The molecule has 5 heteroatoms. The van der Waals surface area contributed by atoms with Crippen LogP contribution in [0.4, 0.5) is 13.2 Å². The summed E-state index contributed by atoms with van der Waals surface area (Å²) in [7, 11) is 0. The molecule has 1 aliphatic heterocycles. The highest BCUT2D eigenvalue weighted by Crippen LogP contribution is 2.48. The Morgan fingerprint density at radius 3 is 2.76 bits per heavy atom. The fourth-order valence-electron chi connectivity index (χ4n) is 2.90. The van der Waals surface area contributed by atoms with E-state index in [4.69, 9.17) is 0 Å². The molecular formula is C12H10F3NO. The third-order valence-corrected chi connectivity index (χ3v) is 3.59. The van der Waals surface area contributed by atoms with E-state index in [0.29, 0.717) is 24.1 Å². The second kappa shape index (κ2) is 3.24. The number of alkyl halides is 3. The quantitative estimate of drug-likeness (QED) is 0.742. The number of amides is 1. The van der Waals surface area contributed by atoms with Crippen LogP contribution in [0.5, 0.6) is 0 Å². The van der Waals surface area contributed by atoms with Gasteiger partial charge in [0.25, 0.3) is 0 Å². The Balaban J connectivity index is 2.20. The number of nitrogens with one attached hydrogen (secondary N) is 1. The van der Waals surface area contributed by atoms with E-state index in [1.165, 1.54) is 6.07 Å². The maximum Gasteiger partial charge on any atom is 0.416 e. The molecule has 1 aromatic carbocycles. The van der Waals surface area contributed by atoms with Gasteiger partial charge in [0.2, 0.25) is 5.91 Å². The maximum atomic E-state index is 12.9. The third-order valence-electron chi connectivity index (χ3n) is 3.59. The molecule has 1 heterocycles. The van der Waals surface area contributed by atoms with Crippen molar-refractivity contribution < 1.29 is 18.0 Å². The molecule has 1 N–H and O–H groups in total. The van der Waals surface area contributed by atoms with E-state index in [0.717, 1.165) is 6.07 Å². The Morgan fingerprint density at radius 2 is 2.06 bits per heavy atom. The molecule has 2 unspecified atom stereocenters. The maximum absolute atomic E-state index is 12.9. The molecule has 3 rings (SSSR count). The zero-order valence-corrected chi connectivity index (χ0v) is 8.84. The van der Waals surface area contributed by atoms with E-state index in [-0.39, 0.29) is 11.8 Å². The number of rotatable bonds is 0. The molecule has 1 aromatic rings. The highest BCUT2D eigenvalue weighted by atomic mass is 19.4. The average molecular weight is 241 g/mol. The molecule has 0 radical (unpaired) electrons. The summed E-state index contributed by atoms with van der Waals surface area (Å²) < 4.78 is 38.7. The van der Waals surface area contributed by atoms with Crippen LogP contribution in [0.15, 0.2) is 18.2 Å². The molecule has 90 valence electrons. The second-order valence-corrected chi connectivity index (χ2v) is 4.54. The van der Waals surface area contributed by atoms with Gasteiger partial charge in [0.15, 0.2) is 0 Å². The molecule has 0 saturated carbocycles. The molecule has 2 nitrogen and oxygen atoms in total. The summed E-state index contributed by atoms with van der Waals surface area (Å²) in [6.07, 6.45) is -3.83. The number of hydrogen-bond acceptors (Lipinski definition) is 1. The van der Waals surface area contributed by atoms with Crippen molar-refractivity contribution in [3.05, 3.63) is 34.9 Å². The number of benzene rings is 1. The summed E-state index contributed by atoms with van der Waals surface area (Å²) in [5.41, 5.74) is 0.294. The van der Waals surface area contributed by atoms with Crippen molar-refractivity contribution in [1.29, 1.82) is 0 Å². The lowest BCUT2D eigenvalue weighted by Gasteiger charge is -2.20. The van der Waals surface area contributed by atoms with Crippen LogP contribution in [0, 0.1) is 0 Å². The van der Waals surface area contributed by atoms with Crippen LogP contribution in [-0.4, -0.2) is 12.5 Å². The number of halogens is 3. The normalized spacial score (nSPS) is 26.6. The number of carbonyl (C=O) groups excluding carboxylic acids is 1. The smallest absolute Gasteiger partial charge is 0.355 e. The van der Waals surface area contributed by atoms with Gasteiger partial charge in [-0.2, -0.15) is 13.2 Å². The molecule has 1 saturated heterocycles. The van der Waals surface area contributed by atoms with Crippen LogP contribution in [0.3, 0.4) is 0 Å². The summed E-state index contributed by atoms with van der Waals surface area (Å²) >= 11 is 0. The largest absolute Gasteiger partial charge is 0.416 e. The average Bonchev–Trinajstić information content (AvgIpc) is 2.58. The van der Waals surface area contributed by atoms with Crippen molar-refractivity contribution in [3.8, 4) is 0 Å². The van der Waals surface area contributed by atoms with Gasteiger partial charge in [-0.15, -0.1) is 0 Å². The summed E-state index contributed by atoms with van der Waals surface area (Å²) in [5, 5.41) is 2.66. The van der Waals surface area contributed by atoms with Crippen molar-refractivity contribution >= 4 is 5.91 Å². The van der Waals surface area contributed by atoms with Gasteiger partial charge in [-0.25, -0.2) is 0 Å². The Morgan fingerprint density at radius 1 is 1.29 bits per heavy atom. The highest BCUT2D eigenvalue weighted by molar-refractivity contribution is 5.87.